The van der Waals surface area contributed by atoms with Crippen molar-refractivity contribution in [2.24, 2.45) is 5.73 Å². The Bertz CT molecular complexity index is 410. The molecule has 4 heteroatoms. The van der Waals surface area contributed by atoms with Crippen molar-refractivity contribution >= 4 is 34.7 Å². The Morgan fingerprint density at radius 2 is 2.18 bits per heavy atom. The molecular weight excluding hydrogens is 248 g/mol. The number of hydrogen-bond donors (Lipinski definition) is 1. The standard InChI is InChI=1S/C13H18N2S2/c1-10-3-4-12(11(9-10)13(14)16)15-5-2-7-17-8-6-15/h3-4,9H,2,5-8H2,1H3,(H2,14,16). The number of aryl methyl sites for hydroxylation is 1. The summed E-state index contributed by atoms with van der Waals surface area (Å²) >= 11 is 7.18. The van der Waals surface area contributed by atoms with Crippen molar-refractivity contribution in [2.75, 3.05) is 29.5 Å². The van der Waals surface area contributed by atoms with E-state index < -0.39 is 0 Å². The Balaban J connectivity index is 2.32. The third-order valence-corrected chi connectivity index (χ3v) is 4.25. The van der Waals surface area contributed by atoms with Crippen LogP contribution in [0.1, 0.15) is 17.5 Å². The Labute approximate surface area is 113 Å². The molecule has 1 saturated heterocycles. The van der Waals surface area contributed by atoms with E-state index in [9.17, 15) is 0 Å². The van der Waals surface area contributed by atoms with E-state index in [0.717, 1.165) is 18.7 Å². The molecule has 0 aromatic heterocycles. The van der Waals surface area contributed by atoms with Crippen LogP contribution in [0.25, 0.3) is 0 Å². The maximum Gasteiger partial charge on any atom is 0.106 e. The molecular formula is C13H18N2S2. The molecule has 1 fully saturated rings. The molecule has 1 aromatic carbocycles. The SMILES string of the molecule is Cc1ccc(N2CCCSCC2)c(C(N)=S)c1. The second-order valence-electron chi connectivity index (χ2n) is 4.34. The van der Waals surface area contributed by atoms with E-state index in [1.54, 1.807) is 0 Å². The molecule has 0 spiro atoms. The number of rotatable bonds is 2. The summed E-state index contributed by atoms with van der Waals surface area (Å²) in [6.07, 6.45) is 1.23. The molecule has 1 aliphatic rings. The fourth-order valence-corrected chi connectivity index (χ4v) is 3.16. The predicted octanol–water partition coefficient (Wildman–Crippen LogP) is 2.57. The highest BCUT2D eigenvalue weighted by Crippen LogP contribution is 2.24. The molecule has 17 heavy (non-hydrogen) atoms. The lowest BCUT2D eigenvalue weighted by atomic mass is 10.1. The molecule has 0 atom stereocenters. The largest absolute Gasteiger partial charge is 0.389 e. The normalized spacial score (nSPS) is 16.6. The quantitative estimate of drug-likeness (QED) is 0.833. The zero-order chi connectivity index (χ0) is 12.3. The lowest BCUT2D eigenvalue weighted by molar-refractivity contribution is 0.815. The van der Waals surface area contributed by atoms with Crippen LogP contribution in [0.2, 0.25) is 0 Å². The Morgan fingerprint density at radius 3 is 2.94 bits per heavy atom. The van der Waals surface area contributed by atoms with Gasteiger partial charge in [0, 0.05) is 30.1 Å². The highest BCUT2D eigenvalue weighted by atomic mass is 32.2. The first-order valence-electron chi connectivity index (χ1n) is 5.91. The highest BCUT2D eigenvalue weighted by molar-refractivity contribution is 7.99. The molecule has 0 unspecified atom stereocenters. The third kappa shape index (κ3) is 3.13. The summed E-state index contributed by atoms with van der Waals surface area (Å²) < 4.78 is 0. The minimum Gasteiger partial charge on any atom is -0.389 e. The van der Waals surface area contributed by atoms with Gasteiger partial charge in [-0.3, -0.25) is 0 Å². The van der Waals surface area contributed by atoms with Gasteiger partial charge < -0.3 is 10.6 Å². The van der Waals surface area contributed by atoms with E-state index in [-0.39, 0.29) is 0 Å². The van der Waals surface area contributed by atoms with E-state index >= 15 is 0 Å². The van der Waals surface area contributed by atoms with E-state index in [4.69, 9.17) is 18.0 Å². The van der Waals surface area contributed by atoms with Crippen LogP contribution in [0.15, 0.2) is 18.2 Å². The molecule has 0 saturated carbocycles. The first-order valence-corrected chi connectivity index (χ1v) is 7.48. The van der Waals surface area contributed by atoms with Crippen LogP contribution < -0.4 is 10.6 Å². The number of anilines is 1. The predicted molar refractivity (Wildman–Crippen MR) is 81.2 cm³/mol. The van der Waals surface area contributed by atoms with E-state index in [1.807, 2.05) is 11.8 Å². The molecule has 0 radical (unpaired) electrons. The summed E-state index contributed by atoms with van der Waals surface area (Å²) in [5.41, 5.74) is 9.26. The number of hydrogen-bond acceptors (Lipinski definition) is 3. The third-order valence-electron chi connectivity index (χ3n) is 2.98. The summed E-state index contributed by atoms with van der Waals surface area (Å²) in [5, 5.41) is 0. The molecule has 1 aliphatic heterocycles. The monoisotopic (exact) mass is 266 g/mol. The number of thioether (sulfide) groups is 1. The number of nitrogens with two attached hydrogens (primary N) is 1. The van der Waals surface area contributed by atoms with Gasteiger partial charge in [0.1, 0.15) is 4.99 Å². The number of thiocarbonyl (C=S) groups is 1. The average molecular weight is 266 g/mol. The van der Waals surface area contributed by atoms with Crippen LogP contribution in [-0.2, 0) is 0 Å². The molecule has 2 nitrogen and oxygen atoms in total. The van der Waals surface area contributed by atoms with Crippen LogP contribution in [0.4, 0.5) is 5.69 Å². The van der Waals surface area contributed by atoms with Gasteiger partial charge in [0.2, 0.25) is 0 Å². The Morgan fingerprint density at radius 1 is 1.35 bits per heavy atom. The molecule has 0 aliphatic carbocycles. The molecule has 0 bridgehead atoms. The van der Waals surface area contributed by atoms with Crippen LogP contribution in [0, 0.1) is 6.92 Å². The van der Waals surface area contributed by atoms with Gasteiger partial charge in [-0.2, -0.15) is 11.8 Å². The average Bonchev–Trinajstić information content (AvgIpc) is 2.57. The van der Waals surface area contributed by atoms with Crippen molar-refractivity contribution in [2.45, 2.75) is 13.3 Å². The zero-order valence-electron chi connectivity index (χ0n) is 10.1. The van der Waals surface area contributed by atoms with Crippen LogP contribution in [-0.4, -0.2) is 29.6 Å². The Hall–Kier alpha value is -0.740. The highest BCUT2D eigenvalue weighted by Gasteiger charge is 2.14. The van der Waals surface area contributed by atoms with Gasteiger partial charge in [0.25, 0.3) is 0 Å². The molecule has 2 N–H and O–H groups in total. The fraction of sp³-hybridized carbons (Fsp3) is 0.462. The summed E-state index contributed by atoms with van der Waals surface area (Å²) in [6.45, 7) is 4.26. The van der Waals surface area contributed by atoms with Crippen molar-refractivity contribution in [3.63, 3.8) is 0 Å². The first-order chi connectivity index (χ1) is 8.18. The lowest BCUT2D eigenvalue weighted by Gasteiger charge is -2.25. The van der Waals surface area contributed by atoms with Gasteiger partial charge in [-0.15, -0.1) is 0 Å². The number of benzene rings is 1. The lowest BCUT2D eigenvalue weighted by Crippen LogP contribution is -2.28. The first kappa shape index (κ1) is 12.7. The van der Waals surface area contributed by atoms with Gasteiger partial charge >= 0.3 is 0 Å². The van der Waals surface area contributed by atoms with Crippen molar-refractivity contribution in [1.82, 2.24) is 0 Å². The van der Waals surface area contributed by atoms with Crippen LogP contribution >= 0.6 is 24.0 Å². The van der Waals surface area contributed by atoms with Gasteiger partial charge in [0.05, 0.1) is 0 Å². The molecule has 1 heterocycles. The summed E-state index contributed by atoms with van der Waals surface area (Å²) in [7, 11) is 0. The van der Waals surface area contributed by atoms with E-state index in [2.05, 4.69) is 30.0 Å². The van der Waals surface area contributed by atoms with E-state index in [1.165, 1.54) is 29.2 Å². The van der Waals surface area contributed by atoms with Gasteiger partial charge in [-0.25, -0.2) is 0 Å². The van der Waals surface area contributed by atoms with Crippen LogP contribution in [0.3, 0.4) is 0 Å². The van der Waals surface area contributed by atoms with Gasteiger partial charge in [-0.1, -0.05) is 23.8 Å². The minimum absolute atomic E-state index is 0.501. The van der Waals surface area contributed by atoms with Crippen molar-refractivity contribution < 1.29 is 0 Å². The summed E-state index contributed by atoms with van der Waals surface area (Å²) in [4.78, 5) is 2.91. The second-order valence-corrected chi connectivity index (χ2v) is 6.00. The van der Waals surface area contributed by atoms with E-state index in [0.29, 0.717) is 4.99 Å². The topological polar surface area (TPSA) is 29.3 Å². The fourth-order valence-electron chi connectivity index (χ4n) is 2.11. The van der Waals surface area contributed by atoms with Crippen LogP contribution in [0.5, 0.6) is 0 Å². The molecule has 92 valence electrons. The maximum absolute atomic E-state index is 5.83. The van der Waals surface area contributed by atoms with Gasteiger partial charge in [-0.05, 0) is 31.2 Å². The smallest absolute Gasteiger partial charge is 0.106 e. The molecule has 2 rings (SSSR count). The van der Waals surface area contributed by atoms with Crippen molar-refractivity contribution in [1.29, 1.82) is 0 Å². The van der Waals surface area contributed by atoms with Crippen molar-refractivity contribution in [3.8, 4) is 0 Å². The molecule has 0 amide bonds. The zero-order valence-corrected chi connectivity index (χ0v) is 11.7. The summed E-state index contributed by atoms with van der Waals surface area (Å²) in [6, 6.07) is 6.38. The maximum atomic E-state index is 5.83. The second kappa shape index (κ2) is 5.74. The molecule has 1 aromatic rings. The van der Waals surface area contributed by atoms with Crippen molar-refractivity contribution in [3.05, 3.63) is 29.3 Å². The van der Waals surface area contributed by atoms with Gasteiger partial charge in [0.15, 0.2) is 0 Å². The Kier molecular flexibility index (Phi) is 4.29. The number of nitrogens with zero attached hydrogens (tertiary/aromatic N) is 1. The summed E-state index contributed by atoms with van der Waals surface area (Å²) in [5.74, 6) is 2.44. The minimum atomic E-state index is 0.501.